The van der Waals surface area contributed by atoms with Crippen molar-refractivity contribution in [1.82, 2.24) is 20.9 Å². The second kappa shape index (κ2) is 26.1. The standard InChI is InChI=1S/C39H46N4O5S.C8H12O2.C2H6/c1-6-29-30-16-14-27(21-33(30)43-32(29)17-13-25(3)4)28-15-18-38(42-22-28)48-23-36(46)40-19-8-9-20-41-37(47)24-49-35-12-10-11-31(34(45)7-2)39(35)26(5)44;1-6-2-3-7(9)4-5-8(6)10;1-2/h6,10-18,21-22,25,38,42-43H,1,7-9,19-20,23-24H2,2-5H3,(H,40,46)(H,41,47);6H,2-5H2,1H3;1-2H3/b17-13-;;. The number of hydrogen-bond acceptors (Lipinski definition) is 9. The molecule has 1 saturated carbocycles. The lowest BCUT2D eigenvalue weighted by Crippen LogP contribution is -2.35. The van der Waals surface area contributed by atoms with E-state index in [0.29, 0.717) is 73.6 Å². The van der Waals surface area contributed by atoms with Gasteiger partial charge < -0.3 is 25.7 Å². The molecule has 61 heavy (non-hydrogen) atoms. The highest BCUT2D eigenvalue weighted by atomic mass is 32.2. The number of Topliss-reactive ketones (excluding diaryl/α,β-unsaturated/α-hetero) is 4. The number of benzene rings is 2. The molecule has 2 heterocycles. The summed E-state index contributed by atoms with van der Waals surface area (Å²) in [6.07, 6.45) is 15.5. The SMILES string of the molecule is C=Cc1c(/C=C\C(C)C)[nH]c2cc(C3=CNC(OCC(=O)NCCCCNC(=O)CSc4cccc(C(=O)CC)c4C(C)=O)C=C3)ccc12.CC.CC1CCC(=O)CCC1=O. The molecule has 0 saturated heterocycles. The molecule has 0 bridgehead atoms. The third-order valence-electron chi connectivity index (χ3n) is 9.96. The molecular formula is C49H64N4O7S. The van der Waals surface area contributed by atoms with Gasteiger partial charge in [0.25, 0.3) is 0 Å². The molecule has 2 aromatic carbocycles. The summed E-state index contributed by atoms with van der Waals surface area (Å²) in [7, 11) is 0. The van der Waals surface area contributed by atoms with E-state index in [1.54, 1.807) is 25.1 Å². The molecule has 3 aromatic rings. The minimum atomic E-state index is -0.418. The first-order chi connectivity index (χ1) is 29.3. The van der Waals surface area contributed by atoms with Gasteiger partial charge in [-0.2, -0.15) is 0 Å². The summed E-state index contributed by atoms with van der Waals surface area (Å²) in [5.74, 6) is 0.534. The van der Waals surface area contributed by atoms with Crippen LogP contribution in [0.1, 0.15) is 131 Å². The summed E-state index contributed by atoms with van der Waals surface area (Å²) in [6.45, 7) is 18.2. The summed E-state index contributed by atoms with van der Waals surface area (Å²) < 4.78 is 5.72. The van der Waals surface area contributed by atoms with Crippen molar-refractivity contribution in [2.24, 2.45) is 11.8 Å². The smallest absolute Gasteiger partial charge is 0.246 e. The Bertz CT molecular complexity index is 2110. The largest absolute Gasteiger partial charge is 0.362 e. The fraction of sp³-hybridized carbons (Fsp3) is 0.429. The van der Waals surface area contributed by atoms with Crippen molar-refractivity contribution in [2.45, 2.75) is 105 Å². The number of aromatic amines is 1. The van der Waals surface area contributed by atoms with Gasteiger partial charge in [-0.15, -0.1) is 11.8 Å². The lowest BCUT2D eigenvalue weighted by Gasteiger charge is -2.19. The zero-order valence-electron chi connectivity index (χ0n) is 36.9. The fourth-order valence-electron chi connectivity index (χ4n) is 6.54. The van der Waals surface area contributed by atoms with Gasteiger partial charge in [0.05, 0.1) is 5.75 Å². The van der Waals surface area contributed by atoms with E-state index in [0.717, 1.165) is 39.7 Å². The molecule has 5 rings (SSSR count). The predicted octanol–water partition coefficient (Wildman–Crippen LogP) is 9.28. The van der Waals surface area contributed by atoms with Crippen LogP contribution in [0.25, 0.3) is 28.6 Å². The van der Waals surface area contributed by atoms with E-state index >= 15 is 0 Å². The van der Waals surface area contributed by atoms with Crippen molar-refractivity contribution in [3.63, 3.8) is 0 Å². The highest BCUT2D eigenvalue weighted by Crippen LogP contribution is 2.30. The van der Waals surface area contributed by atoms with E-state index in [2.05, 4.69) is 71.7 Å². The number of ether oxygens (including phenoxy) is 1. The summed E-state index contributed by atoms with van der Waals surface area (Å²) in [4.78, 5) is 75.1. The van der Waals surface area contributed by atoms with Crippen LogP contribution in [0.3, 0.4) is 0 Å². The van der Waals surface area contributed by atoms with Crippen molar-refractivity contribution in [3.8, 4) is 0 Å². The molecule has 2 amide bonds. The van der Waals surface area contributed by atoms with Gasteiger partial charge >= 0.3 is 0 Å². The Balaban J connectivity index is 0.000000716. The molecule has 2 aliphatic rings. The maximum absolute atomic E-state index is 12.4. The van der Waals surface area contributed by atoms with E-state index in [-0.39, 0.29) is 53.2 Å². The number of allylic oxidation sites excluding steroid dienone is 3. The first-order valence-corrected chi connectivity index (χ1v) is 22.4. The third kappa shape index (κ3) is 15.9. The lowest BCUT2D eigenvalue weighted by atomic mass is 9.99. The molecule has 4 N–H and O–H groups in total. The van der Waals surface area contributed by atoms with Gasteiger partial charge in [-0.1, -0.05) is 90.6 Å². The molecule has 2 atom stereocenters. The van der Waals surface area contributed by atoms with Gasteiger partial charge in [0.15, 0.2) is 11.6 Å². The summed E-state index contributed by atoms with van der Waals surface area (Å²) in [5.41, 5.74) is 6.00. The maximum Gasteiger partial charge on any atom is 0.246 e. The topological polar surface area (TPSA) is 164 Å². The number of dihydropyridines is 1. The third-order valence-corrected chi connectivity index (χ3v) is 11.0. The second-order valence-electron chi connectivity index (χ2n) is 15.0. The number of H-pyrrole nitrogens is 1. The van der Waals surface area contributed by atoms with Crippen molar-refractivity contribution in [3.05, 3.63) is 95.4 Å². The van der Waals surface area contributed by atoms with E-state index in [1.807, 2.05) is 45.2 Å². The summed E-state index contributed by atoms with van der Waals surface area (Å²) >= 11 is 1.24. The Kier molecular flexibility index (Phi) is 21.4. The van der Waals surface area contributed by atoms with Gasteiger partial charge in [0.1, 0.15) is 24.4 Å². The number of ketones is 4. The van der Waals surface area contributed by atoms with Crippen molar-refractivity contribution in [2.75, 3.05) is 25.4 Å². The fourth-order valence-corrected chi connectivity index (χ4v) is 7.50. The number of rotatable bonds is 18. The average Bonchev–Trinajstić information content (AvgIpc) is 3.56. The highest BCUT2D eigenvalue weighted by Gasteiger charge is 2.20. The number of fused-ring (bicyclic) bond motifs is 1. The second-order valence-corrected chi connectivity index (χ2v) is 16.0. The van der Waals surface area contributed by atoms with Crippen LogP contribution in [0.5, 0.6) is 0 Å². The molecule has 1 aliphatic heterocycles. The quantitative estimate of drug-likeness (QED) is 0.0423. The molecule has 12 heteroatoms. The van der Waals surface area contributed by atoms with Crippen LogP contribution < -0.4 is 16.0 Å². The Hall–Kier alpha value is -5.33. The van der Waals surface area contributed by atoms with E-state index in [4.69, 9.17) is 4.74 Å². The van der Waals surface area contributed by atoms with Crippen LogP contribution in [-0.4, -0.2) is 71.6 Å². The zero-order chi connectivity index (χ0) is 44.9. The number of hydrogen-bond donors (Lipinski definition) is 4. The molecule has 11 nitrogen and oxygen atoms in total. The number of nitrogens with one attached hydrogen (secondary N) is 4. The maximum atomic E-state index is 12.4. The first-order valence-electron chi connectivity index (χ1n) is 21.4. The summed E-state index contributed by atoms with van der Waals surface area (Å²) in [5, 5.41) is 10.0. The Morgan fingerprint density at radius 1 is 1.00 bits per heavy atom. The number of carbonyl (C=O) groups is 6. The van der Waals surface area contributed by atoms with Crippen LogP contribution in [-0.2, 0) is 23.9 Å². The minimum absolute atomic E-state index is 0.0854. The van der Waals surface area contributed by atoms with Crippen LogP contribution in [0, 0.1) is 11.8 Å². The Morgan fingerprint density at radius 2 is 1.72 bits per heavy atom. The van der Waals surface area contributed by atoms with Crippen molar-refractivity contribution >= 4 is 75.3 Å². The monoisotopic (exact) mass is 852 g/mol. The lowest BCUT2D eigenvalue weighted by molar-refractivity contribution is -0.127. The first kappa shape index (κ1) is 50.0. The minimum Gasteiger partial charge on any atom is -0.362 e. The number of amides is 2. The average molecular weight is 853 g/mol. The van der Waals surface area contributed by atoms with E-state index < -0.39 is 6.23 Å². The number of carbonyl (C=O) groups excluding carboxylic acids is 6. The van der Waals surface area contributed by atoms with Crippen molar-refractivity contribution in [1.29, 1.82) is 0 Å². The van der Waals surface area contributed by atoms with Gasteiger partial charge in [-0.25, -0.2) is 0 Å². The molecular weight excluding hydrogens is 789 g/mol. The van der Waals surface area contributed by atoms with Crippen LogP contribution in [0.4, 0.5) is 0 Å². The normalized spacial score (nSPS) is 16.1. The summed E-state index contributed by atoms with van der Waals surface area (Å²) in [6, 6.07) is 11.4. The van der Waals surface area contributed by atoms with Gasteiger partial charge in [-0.05, 0) is 67.5 Å². The van der Waals surface area contributed by atoms with Gasteiger partial charge in [0.2, 0.25) is 11.8 Å². The van der Waals surface area contributed by atoms with Gasteiger partial charge in [0, 0.05) is 89.1 Å². The molecule has 1 aromatic heterocycles. The number of aromatic nitrogens is 1. The zero-order valence-corrected chi connectivity index (χ0v) is 37.7. The Morgan fingerprint density at radius 3 is 2.36 bits per heavy atom. The molecule has 0 radical (unpaired) electrons. The molecule has 2 unspecified atom stereocenters. The van der Waals surface area contributed by atoms with Crippen LogP contribution >= 0.6 is 11.8 Å². The predicted molar refractivity (Wildman–Crippen MR) is 248 cm³/mol. The van der Waals surface area contributed by atoms with Crippen molar-refractivity contribution < 1.29 is 33.5 Å². The highest BCUT2D eigenvalue weighted by molar-refractivity contribution is 8.00. The number of unbranched alkanes of at least 4 members (excludes halogenated alkanes) is 1. The Labute approximate surface area is 365 Å². The van der Waals surface area contributed by atoms with Gasteiger partial charge in [-0.3, -0.25) is 28.8 Å². The van der Waals surface area contributed by atoms with E-state index in [9.17, 15) is 28.8 Å². The molecule has 328 valence electrons. The van der Waals surface area contributed by atoms with Crippen LogP contribution in [0.2, 0.25) is 0 Å². The molecule has 1 fully saturated rings. The van der Waals surface area contributed by atoms with Crippen LogP contribution in [0.15, 0.2) is 72.3 Å². The molecule has 0 spiro atoms. The molecule has 1 aliphatic carbocycles. The number of thioether (sulfide) groups is 1. The van der Waals surface area contributed by atoms with E-state index in [1.165, 1.54) is 18.7 Å².